The van der Waals surface area contributed by atoms with Gasteiger partial charge in [-0.05, 0) is 34.9 Å². The Labute approximate surface area is 81.1 Å². The van der Waals surface area contributed by atoms with E-state index in [2.05, 4.69) is 34.9 Å². The van der Waals surface area contributed by atoms with E-state index in [9.17, 15) is 0 Å². The molecule has 0 saturated carbocycles. The molecule has 0 aliphatic rings. The van der Waals surface area contributed by atoms with Gasteiger partial charge >= 0.3 is 0 Å². The monoisotopic (exact) mass is 290 g/mol. The molecule has 0 saturated heterocycles. The van der Waals surface area contributed by atoms with E-state index < -0.39 is 0 Å². The maximum absolute atomic E-state index is 5.81. The van der Waals surface area contributed by atoms with Gasteiger partial charge in [0, 0.05) is 3.57 Å². The van der Waals surface area contributed by atoms with Gasteiger partial charge in [0.25, 0.3) is 0 Å². The Morgan fingerprint density at radius 1 is 1.78 bits per heavy atom. The molecule has 0 N–H and O–H groups in total. The second-order valence-electron chi connectivity index (χ2n) is 1.39. The highest BCUT2D eigenvalue weighted by molar-refractivity contribution is 14.1. The second-order valence-corrected chi connectivity index (χ2v) is 5.31. The highest BCUT2D eigenvalue weighted by Crippen LogP contribution is 2.33. The van der Waals surface area contributed by atoms with E-state index in [4.69, 9.17) is 11.6 Å². The van der Waals surface area contributed by atoms with Crippen molar-refractivity contribution in [1.29, 1.82) is 0 Å². The molecule has 50 valence electrons. The van der Waals surface area contributed by atoms with Gasteiger partial charge in [0.05, 0.1) is 4.21 Å². The summed E-state index contributed by atoms with van der Waals surface area (Å²) in [4.78, 5) is 0. The molecule has 0 spiro atoms. The summed E-state index contributed by atoms with van der Waals surface area (Å²) in [7, 11) is 0. The van der Waals surface area contributed by atoms with Crippen LogP contribution in [0.1, 0.15) is 0 Å². The van der Waals surface area contributed by atoms with Gasteiger partial charge in [0.1, 0.15) is 4.34 Å². The van der Waals surface area contributed by atoms with Crippen molar-refractivity contribution in [2.45, 2.75) is 4.21 Å². The fourth-order valence-electron chi connectivity index (χ4n) is 0.427. The van der Waals surface area contributed by atoms with E-state index in [-0.39, 0.29) is 0 Å². The van der Waals surface area contributed by atoms with E-state index in [1.165, 1.54) is 4.21 Å². The van der Waals surface area contributed by atoms with E-state index in [1.54, 1.807) is 23.1 Å². The van der Waals surface area contributed by atoms with Crippen molar-refractivity contribution in [3.8, 4) is 0 Å². The van der Waals surface area contributed by atoms with Crippen LogP contribution in [0.5, 0.6) is 0 Å². The number of hydrogen-bond acceptors (Lipinski definition) is 2. The molecule has 0 nitrogen and oxygen atoms in total. The fourth-order valence-corrected chi connectivity index (χ4v) is 3.26. The Morgan fingerprint density at radius 2 is 2.44 bits per heavy atom. The van der Waals surface area contributed by atoms with Crippen LogP contribution in [0.4, 0.5) is 0 Å². The van der Waals surface area contributed by atoms with Gasteiger partial charge in [0.15, 0.2) is 0 Å². The SMILES string of the molecule is CSc1cc(I)c(Cl)s1. The molecular weight excluding hydrogens is 287 g/mol. The summed E-state index contributed by atoms with van der Waals surface area (Å²) in [6.45, 7) is 0. The fraction of sp³-hybridized carbons (Fsp3) is 0.200. The van der Waals surface area contributed by atoms with E-state index >= 15 is 0 Å². The lowest BCUT2D eigenvalue weighted by molar-refractivity contribution is 1.70. The highest BCUT2D eigenvalue weighted by Gasteiger charge is 2.01. The summed E-state index contributed by atoms with van der Waals surface area (Å²) in [5.41, 5.74) is 0. The van der Waals surface area contributed by atoms with Crippen molar-refractivity contribution in [2.24, 2.45) is 0 Å². The lowest BCUT2D eigenvalue weighted by Gasteiger charge is -1.79. The third-order valence-corrected chi connectivity index (χ3v) is 4.78. The molecule has 4 heteroatoms. The molecule has 1 rings (SSSR count). The Bertz CT molecular complexity index is 189. The summed E-state index contributed by atoms with van der Waals surface area (Å²) in [5, 5.41) is 0. The summed E-state index contributed by atoms with van der Waals surface area (Å²) in [6, 6.07) is 2.10. The van der Waals surface area contributed by atoms with Crippen LogP contribution in [-0.4, -0.2) is 6.26 Å². The van der Waals surface area contributed by atoms with Gasteiger partial charge in [-0.15, -0.1) is 23.1 Å². The van der Waals surface area contributed by atoms with Crippen LogP contribution in [0.25, 0.3) is 0 Å². The Balaban J connectivity index is 2.98. The zero-order chi connectivity index (χ0) is 6.85. The lowest BCUT2D eigenvalue weighted by atomic mass is 10.7. The molecule has 1 heterocycles. The maximum atomic E-state index is 5.81. The molecule has 0 aromatic carbocycles. The number of hydrogen-bond donors (Lipinski definition) is 0. The Kier molecular flexibility index (Phi) is 3.14. The zero-order valence-corrected chi connectivity index (χ0v) is 9.20. The lowest BCUT2D eigenvalue weighted by Crippen LogP contribution is -1.54. The summed E-state index contributed by atoms with van der Waals surface area (Å²) < 4.78 is 3.34. The molecule has 1 aromatic rings. The van der Waals surface area contributed by atoms with Crippen LogP contribution in [-0.2, 0) is 0 Å². The number of thiophene rings is 1. The molecule has 9 heavy (non-hydrogen) atoms. The average Bonchev–Trinajstić information content (AvgIpc) is 2.13. The first-order chi connectivity index (χ1) is 4.24. The van der Waals surface area contributed by atoms with Crippen molar-refractivity contribution in [3.05, 3.63) is 14.0 Å². The molecule has 0 unspecified atom stereocenters. The molecule has 0 bridgehead atoms. The molecule has 0 fully saturated rings. The van der Waals surface area contributed by atoms with Crippen LogP contribution in [0.15, 0.2) is 10.3 Å². The molecule has 0 atom stereocenters. The van der Waals surface area contributed by atoms with E-state index in [1.807, 2.05) is 0 Å². The third kappa shape index (κ3) is 2.00. The van der Waals surface area contributed by atoms with Gasteiger partial charge in [-0.2, -0.15) is 0 Å². The minimum absolute atomic E-state index is 0.903. The predicted octanol–water partition coefficient (Wildman–Crippen LogP) is 3.73. The van der Waals surface area contributed by atoms with Gasteiger partial charge in [-0.3, -0.25) is 0 Å². The first-order valence-electron chi connectivity index (χ1n) is 2.23. The smallest absolute Gasteiger partial charge is 0.107 e. The molecule has 0 amide bonds. The van der Waals surface area contributed by atoms with Gasteiger partial charge < -0.3 is 0 Å². The number of halogens is 2. The normalized spacial score (nSPS) is 10.1. The highest BCUT2D eigenvalue weighted by atomic mass is 127. The van der Waals surface area contributed by atoms with Crippen LogP contribution in [0, 0.1) is 3.57 Å². The largest absolute Gasteiger partial charge is 0.119 e. The van der Waals surface area contributed by atoms with Crippen LogP contribution in [0.2, 0.25) is 4.34 Å². The summed E-state index contributed by atoms with van der Waals surface area (Å²) in [6.07, 6.45) is 2.05. The average molecular weight is 291 g/mol. The molecule has 1 aromatic heterocycles. The van der Waals surface area contributed by atoms with E-state index in [0.717, 1.165) is 7.91 Å². The van der Waals surface area contributed by atoms with Crippen LogP contribution in [0.3, 0.4) is 0 Å². The molecular formula is C5H4ClIS2. The maximum Gasteiger partial charge on any atom is 0.107 e. The second kappa shape index (κ2) is 3.46. The first kappa shape index (κ1) is 8.17. The predicted molar refractivity (Wildman–Crippen MR) is 53.8 cm³/mol. The van der Waals surface area contributed by atoms with Crippen molar-refractivity contribution < 1.29 is 0 Å². The number of rotatable bonds is 1. The Hall–Kier alpha value is 1.07. The molecule has 0 aliphatic heterocycles. The summed E-state index contributed by atoms with van der Waals surface area (Å²) >= 11 is 11.4. The van der Waals surface area contributed by atoms with E-state index in [0.29, 0.717) is 0 Å². The van der Waals surface area contributed by atoms with Crippen molar-refractivity contribution in [3.63, 3.8) is 0 Å². The van der Waals surface area contributed by atoms with Gasteiger partial charge in [-0.25, -0.2) is 0 Å². The Morgan fingerprint density at radius 3 is 2.67 bits per heavy atom. The van der Waals surface area contributed by atoms with Gasteiger partial charge in [0.2, 0.25) is 0 Å². The minimum Gasteiger partial charge on any atom is -0.119 e. The number of thioether (sulfide) groups is 1. The minimum atomic E-state index is 0.903. The first-order valence-corrected chi connectivity index (χ1v) is 5.72. The van der Waals surface area contributed by atoms with Crippen molar-refractivity contribution in [1.82, 2.24) is 0 Å². The quantitative estimate of drug-likeness (QED) is 0.561. The third-order valence-electron chi connectivity index (χ3n) is 0.824. The zero-order valence-electron chi connectivity index (χ0n) is 4.65. The van der Waals surface area contributed by atoms with Gasteiger partial charge in [-0.1, -0.05) is 11.6 Å². The summed E-state index contributed by atoms with van der Waals surface area (Å²) in [5.74, 6) is 0. The molecule has 0 radical (unpaired) electrons. The molecule has 0 aliphatic carbocycles. The topological polar surface area (TPSA) is 0 Å². The van der Waals surface area contributed by atoms with Crippen molar-refractivity contribution >= 4 is 57.3 Å². The standard InChI is InChI=1S/C5H4ClIS2/c1-8-4-2-3(7)5(6)9-4/h2H,1H3. The van der Waals surface area contributed by atoms with Crippen LogP contribution >= 0.6 is 57.3 Å². The van der Waals surface area contributed by atoms with Crippen LogP contribution < -0.4 is 0 Å². The van der Waals surface area contributed by atoms with Crippen molar-refractivity contribution in [2.75, 3.05) is 6.26 Å².